The maximum atomic E-state index is 12.5. The van der Waals surface area contributed by atoms with Crippen LogP contribution in [0.15, 0.2) is 42.7 Å². The van der Waals surface area contributed by atoms with Gasteiger partial charge in [0.25, 0.3) is 0 Å². The molecule has 0 radical (unpaired) electrons. The van der Waals surface area contributed by atoms with Gasteiger partial charge < -0.3 is 9.80 Å². The minimum absolute atomic E-state index is 0.0470. The third-order valence-electron chi connectivity index (χ3n) is 3.94. The Hall–Kier alpha value is -2.74. The SMILES string of the molecule is Cn1cc(N2CCN(c3nc(-c4ccccc4)ns3)CC2=O)cn1. The number of carbonyl (C=O) groups excluding carboxylic acids is 1. The summed E-state index contributed by atoms with van der Waals surface area (Å²) >= 11 is 1.33. The van der Waals surface area contributed by atoms with Crippen LogP contribution in [0.1, 0.15) is 0 Å². The number of benzene rings is 1. The Morgan fingerprint density at radius 2 is 2.00 bits per heavy atom. The number of nitrogens with zero attached hydrogens (tertiary/aromatic N) is 6. The summed E-state index contributed by atoms with van der Waals surface area (Å²) in [6.07, 6.45) is 3.57. The molecule has 3 heterocycles. The van der Waals surface area contributed by atoms with Crippen LogP contribution >= 0.6 is 11.5 Å². The fourth-order valence-corrected chi connectivity index (χ4v) is 3.42. The van der Waals surface area contributed by atoms with Gasteiger partial charge >= 0.3 is 0 Å². The highest BCUT2D eigenvalue weighted by Gasteiger charge is 2.27. The Morgan fingerprint density at radius 1 is 1.17 bits per heavy atom. The van der Waals surface area contributed by atoms with Gasteiger partial charge in [-0.05, 0) is 0 Å². The Morgan fingerprint density at radius 3 is 2.71 bits per heavy atom. The van der Waals surface area contributed by atoms with Gasteiger partial charge in [0.05, 0.1) is 18.4 Å². The Labute approximate surface area is 143 Å². The van der Waals surface area contributed by atoms with Gasteiger partial charge in [-0.1, -0.05) is 30.3 Å². The molecule has 0 bridgehead atoms. The number of anilines is 2. The average Bonchev–Trinajstić information content (AvgIpc) is 3.25. The van der Waals surface area contributed by atoms with Crippen molar-refractivity contribution in [3.05, 3.63) is 42.7 Å². The summed E-state index contributed by atoms with van der Waals surface area (Å²) < 4.78 is 6.12. The number of amides is 1. The van der Waals surface area contributed by atoms with E-state index in [9.17, 15) is 4.79 Å². The van der Waals surface area contributed by atoms with Crippen molar-refractivity contribution >= 4 is 28.3 Å². The topological polar surface area (TPSA) is 67.2 Å². The van der Waals surface area contributed by atoms with Crippen LogP contribution in [0.25, 0.3) is 11.4 Å². The molecule has 7 nitrogen and oxygen atoms in total. The Balaban J connectivity index is 1.49. The first-order chi connectivity index (χ1) is 11.7. The van der Waals surface area contributed by atoms with Crippen LogP contribution in [0.4, 0.5) is 10.8 Å². The monoisotopic (exact) mass is 340 g/mol. The second kappa shape index (κ2) is 6.04. The number of carbonyl (C=O) groups is 1. The van der Waals surface area contributed by atoms with Crippen molar-refractivity contribution in [1.29, 1.82) is 0 Å². The number of hydrogen-bond donors (Lipinski definition) is 0. The molecule has 0 spiro atoms. The molecule has 0 N–H and O–H groups in total. The van der Waals surface area contributed by atoms with Crippen molar-refractivity contribution < 1.29 is 4.79 Å². The lowest BCUT2D eigenvalue weighted by Crippen LogP contribution is -2.50. The fraction of sp³-hybridized carbons (Fsp3) is 0.250. The van der Waals surface area contributed by atoms with Crippen molar-refractivity contribution in [3.8, 4) is 11.4 Å². The van der Waals surface area contributed by atoms with Crippen molar-refractivity contribution in [2.45, 2.75) is 0 Å². The van der Waals surface area contributed by atoms with Gasteiger partial charge in [-0.2, -0.15) is 14.5 Å². The number of piperazine rings is 1. The van der Waals surface area contributed by atoms with Gasteiger partial charge in [0, 0.05) is 43.4 Å². The van der Waals surface area contributed by atoms with Crippen molar-refractivity contribution in [2.24, 2.45) is 7.05 Å². The smallest absolute Gasteiger partial charge is 0.246 e. The zero-order valence-corrected chi connectivity index (χ0v) is 14.0. The van der Waals surface area contributed by atoms with Gasteiger partial charge in [0.2, 0.25) is 11.0 Å². The summed E-state index contributed by atoms with van der Waals surface area (Å²) in [5.41, 5.74) is 1.82. The quantitative estimate of drug-likeness (QED) is 0.727. The van der Waals surface area contributed by atoms with Crippen LogP contribution in [0.5, 0.6) is 0 Å². The van der Waals surface area contributed by atoms with Crippen LogP contribution < -0.4 is 9.80 Å². The van der Waals surface area contributed by atoms with E-state index in [1.165, 1.54) is 11.5 Å². The van der Waals surface area contributed by atoms with Crippen LogP contribution in [-0.2, 0) is 11.8 Å². The van der Waals surface area contributed by atoms with Gasteiger partial charge in [-0.25, -0.2) is 0 Å². The molecule has 1 fully saturated rings. The standard InChI is InChI=1S/C16H16N6OS/c1-20-10-13(9-17-20)22-8-7-21(11-14(22)23)16-18-15(19-24-16)12-5-3-2-4-6-12/h2-6,9-10H,7-8,11H2,1H3. The van der Waals surface area contributed by atoms with E-state index in [2.05, 4.69) is 14.5 Å². The summed E-state index contributed by atoms with van der Waals surface area (Å²) in [6.45, 7) is 1.65. The number of aryl methyl sites for hydroxylation is 1. The van der Waals surface area contributed by atoms with E-state index in [1.807, 2.05) is 48.5 Å². The van der Waals surface area contributed by atoms with Gasteiger partial charge in [-0.15, -0.1) is 0 Å². The molecule has 0 saturated carbocycles. The van der Waals surface area contributed by atoms with Crippen molar-refractivity contribution in [2.75, 3.05) is 29.4 Å². The maximum Gasteiger partial charge on any atom is 0.246 e. The molecule has 8 heteroatoms. The molecule has 0 atom stereocenters. The predicted molar refractivity (Wildman–Crippen MR) is 93.1 cm³/mol. The van der Waals surface area contributed by atoms with E-state index in [0.29, 0.717) is 18.9 Å². The number of rotatable bonds is 3. The molecule has 1 saturated heterocycles. The third-order valence-corrected chi connectivity index (χ3v) is 4.72. The summed E-state index contributed by atoms with van der Waals surface area (Å²) in [5, 5.41) is 4.91. The van der Waals surface area contributed by atoms with Gasteiger partial charge in [0.15, 0.2) is 5.82 Å². The zero-order valence-electron chi connectivity index (χ0n) is 13.2. The summed E-state index contributed by atoms with van der Waals surface area (Å²) in [5.74, 6) is 0.753. The Bertz CT molecular complexity index is 858. The lowest BCUT2D eigenvalue weighted by Gasteiger charge is -2.33. The maximum absolute atomic E-state index is 12.5. The van der Waals surface area contributed by atoms with E-state index in [1.54, 1.807) is 15.8 Å². The molecule has 1 amide bonds. The lowest BCUT2D eigenvalue weighted by atomic mass is 10.2. The van der Waals surface area contributed by atoms with Crippen molar-refractivity contribution in [3.63, 3.8) is 0 Å². The normalized spacial score (nSPS) is 15.1. The molecule has 1 aliphatic rings. The van der Waals surface area contributed by atoms with Gasteiger partial charge in [-0.3, -0.25) is 9.48 Å². The highest BCUT2D eigenvalue weighted by Crippen LogP contribution is 2.26. The van der Waals surface area contributed by atoms with E-state index in [0.717, 1.165) is 22.9 Å². The third kappa shape index (κ3) is 2.76. The van der Waals surface area contributed by atoms with Crippen LogP contribution in [-0.4, -0.2) is 44.7 Å². The van der Waals surface area contributed by atoms with Crippen LogP contribution in [0.2, 0.25) is 0 Å². The minimum Gasteiger partial charge on any atom is -0.336 e. The molecule has 0 unspecified atom stereocenters. The molecule has 1 aliphatic heterocycles. The van der Waals surface area contributed by atoms with Gasteiger partial charge in [0.1, 0.15) is 0 Å². The summed E-state index contributed by atoms with van der Waals surface area (Å²) in [6, 6.07) is 9.86. The first-order valence-corrected chi connectivity index (χ1v) is 8.41. The molecule has 122 valence electrons. The highest BCUT2D eigenvalue weighted by atomic mass is 32.1. The fourth-order valence-electron chi connectivity index (χ4n) is 2.71. The molecule has 2 aromatic heterocycles. The van der Waals surface area contributed by atoms with Crippen molar-refractivity contribution in [1.82, 2.24) is 19.1 Å². The minimum atomic E-state index is 0.0470. The first kappa shape index (κ1) is 14.8. The molecule has 3 aromatic rings. The summed E-state index contributed by atoms with van der Waals surface area (Å²) in [7, 11) is 1.84. The summed E-state index contributed by atoms with van der Waals surface area (Å²) in [4.78, 5) is 20.8. The van der Waals surface area contributed by atoms with E-state index in [4.69, 9.17) is 0 Å². The lowest BCUT2D eigenvalue weighted by molar-refractivity contribution is -0.117. The second-order valence-corrected chi connectivity index (χ2v) is 6.34. The van der Waals surface area contributed by atoms with E-state index >= 15 is 0 Å². The average molecular weight is 340 g/mol. The predicted octanol–water partition coefficient (Wildman–Crippen LogP) is 1.79. The molecule has 4 rings (SSSR count). The molecular formula is C16H16N6OS. The largest absolute Gasteiger partial charge is 0.336 e. The first-order valence-electron chi connectivity index (χ1n) is 7.64. The molecule has 24 heavy (non-hydrogen) atoms. The molecule has 1 aromatic carbocycles. The molecule has 0 aliphatic carbocycles. The number of aromatic nitrogens is 4. The number of hydrogen-bond acceptors (Lipinski definition) is 6. The van der Waals surface area contributed by atoms with Crippen LogP contribution in [0.3, 0.4) is 0 Å². The highest BCUT2D eigenvalue weighted by molar-refractivity contribution is 7.09. The zero-order chi connectivity index (χ0) is 16.5. The second-order valence-electron chi connectivity index (χ2n) is 5.61. The van der Waals surface area contributed by atoms with Crippen LogP contribution in [0, 0.1) is 0 Å². The molecular weight excluding hydrogens is 324 g/mol. The van der Waals surface area contributed by atoms with E-state index < -0.39 is 0 Å². The Kier molecular flexibility index (Phi) is 3.73. The van der Waals surface area contributed by atoms with E-state index in [-0.39, 0.29) is 5.91 Å².